The molecule has 0 radical (unpaired) electrons. The molecule has 0 fully saturated rings. The van der Waals surface area contributed by atoms with Crippen LogP contribution in [0.1, 0.15) is 46.2 Å². The van der Waals surface area contributed by atoms with Gasteiger partial charge in [0.1, 0.15) is 0 Å². The Labute approximate surface area is 139 Å². The van der Waals surface area contributed by atoms with Crippen LogP contribution in [0.2, 0.25) is 0 Å². The van der Waals surface area contributed by atoms with Crippen molar-refractivity contribution in [3.8, 4) is 0 Å². The summed E-state index contributed by atoms with van der Waals surface area (Å²) in [4.78, 5) is 12.0. The number of amides is 1. The molecular weight excluding hydrogens is 312 g/mol. The van der Waals surface area contributed by atoms with Gasteiger partial charge < -0.3 is 5.32 Å². The second kappa shape index (κ2) is 8.26. The van der Waals surface area contributed by atoms with Gasteiger partial charge in [-0.1, -0.05) is 31.6 Å². The standard InChI is InChI=1S/C17H26N2O3S/c1-6-19(7-2)23(21,22)16-10-8-15(9-11-16)14(5)18-17(20)12-13(3)4/h8-12,14H,6-7H2,1-5H3,(H,18,20). The normalized spacial score (nSPS) is 12.8. The molecule has 1 amide bonds. The fourth-order valence-electron chi connectivity index (χ4n) is 2.24. The second-order valence-electron chi connectivity index (χ2n) is 5.61. The Morgan fingerprint density at radius 2 is 1.70 bits per heavy atom. The number of hydrogen-bond acceptors (Lipinski definition) is 3. The molecule has 5 nitrogen and oxygen atoms in total. The first-order valence-electron chi connectivity index (χ1n) is 7.77. The van der Waals surface area contributed by atoms with E-state index in [2.05, 4.69) is 5.32 Å². The van der Waals surface area contributed by atoms with Crippen molar-refractivity contribution in [2.75, 3.05) is 13.1 Å². The van der Waals surface area contributed by atoms with Crippen molar-refractivity contribution >= 4 is 15.9 Å². The van der Waals surface area contributed by atoms with E-state index < -0.39 is 10.0 Å². The minimum Gasteiger partial charge on any atom is -0.346 e. The molecule has 0 spiro atoms. The molecule has 23 heavy (non-hydrogen) atoms. The third-order valence-electron chi connectivity index (χ3n) is 3.50. The van der Waals surface area contributed by atoms with E-state index in [1.54, 1.807) is 24.3 Å². The van der Waals surface area contributed by atoms with Crippen molar-refractivity contribution in [1.29, 1.82) is 0 Å². The summed E-state index contributed by atoms with van der Waals surface area (Å²) < 4.78 is 26.3. The predicted molar refractivity (Wildman–Crippen MR) is 92.5 cm³/mol. The highest BCUT2D eigenvalue weighted by Crippen LogP contribution is 2.19. The van der Waals surface area contributed by atoms with Crippen molar-refractivity contribution < 1.29 is 13.2 Å². The average Bonchev–Trinajstić information content (AvgIpc) is 2.47. The van der Waals surface area contributed by atoms with Crippen LogP contribution in [0.5, 0.6) is 0 Å². The number of nitrogens with zero attached hydrogens (tertiary/aromatic N) is 1. The molecule has 0 saturated carbocycles. The molecule has 1 atom stereocenters. The minimum atomic E-state index is -3.45. The van der Waals surface area contributed by atoms with Crippen LogP contribution < -0.4 is 5.32 Å². The van der Waals surface area contributed by atoms with Crippen LogP contribution >= 0.6 is 0 Å². The maximum atomic E-state index is 12.4. The highest BCUT2D eigenvalue weighted by Gasteiger charge is 2.21. The Balaban J connectivity index is 2.92. The van der Waals surface area contributed by atoms with E-state index in [-0.39, 0.29) is 16.8 Å². The van der Waals surface area contributed by atoms with E-state index in [4.69, 9.17) is 0 Å². The van der Waals surface area contributed by atoms with Gasteiger partial charge in [0, 0.05) is 19.2 Å². The van der Waals surface area contributed by atoms with E-state index in [1.807, 2.05) is 34.6 Å². The van der Waals surface area contributed by atoms with Gasteiger partial charge in [0.25, 0.3) is 0 Å². The Kier molecular flexibility index (Phi) is 6.97. The summed E-state index contributed by atoms with van der Waals surface area (Å²) in [6.45, 7) is 10.1. The molecule has 0 bridgehead atoms. The molecule has 1 aromatic carbocycles. The largest absolute Gasteiger partial charge is 0.346 e. The van der Waals surface area contributed by atoms with Gasteiger partial charge in [0.2, 0.25) is 15.9 Å². The van der Waals surface area contributed by atoms with Gasteiger partial charge in [0.15, 0.2) is 0 Å². The molecule has 128 valence electrons. The molecule has 6 heteroatoms. The van der Waals surface area contributed by atoms with Crippen molar-refractivity contribution in [3.05, 3.63) is 41.5 Å². The first kappa shape index (κ1) is 19.4. The number of carbonyl (C=O) groups excluding carboxylic acids is 1. The lowest BCUT2D eigenvalue weighted by molar-refractivity contribution is -0.117. The van der Waals surface area contributed by atoms with E-state index in [1.165, 1.54) is 10.4 Å². The predicted octanol–water partition coefficient (Wildman–Crippen LogP) is 2.86. The Morgan fingerprint density at radius 3 is 2.13 bits per heavy atom. The van der Waals surface area contributed by atoms with Gasteiger partial charge in [-0.2, -0.15) is 4.31 Å². The van der Waals surface area contributed by atoms with Crippen LogP contribution in [0.3, 0.4) is 0 Å². The third-order valence-corrected chi connectivity index (χ3v) is 5.57. The maximum absolute atomic E-state index is 12.4. The molecule has 0 aliphatic rings. The lowest BCUT2D eigenvalue weighted by Crippen LogP contribution is -2.30. The Bertz CT molecular complexity index is 656. The number of sulfonamides is 1. The number of hydrogen-bond donors (Lipinski definition) is 1. The molecule has 0 aliphatic heterocycles. The Hall–Kier alpha value is -1.66. The number of benzene rings is 1. The Morgan fingerprint density at radius 1 is 1.17 bits per heavy atom. The molecule has 0 heterocycles. The van der Waals surface area contributed by atoms with E-state index in [0.29, 0.717) is 13.1 Å². The van der Waals surface area contributed by atoms with Gasteiger partial charge in [-0.3, -0.25) is 4.79 Å². The summed E-state index contributed by atoms with van der Waals surface area (Å²) in [5.74, 6) is -0.155. The summed E-state index contributed by atoms with van der Waals surface area (Å²) in [7, 11) is -3.45. The summed E-state index contributed by atoms with van der Waals surface area (Å²) in [6.07, 6.45) is 1.54. The molecule has 1 rings (SSSR count). The average molecular weight is 338 g/mol. The van der Waals surface area contributed by atoms with Crippen LogP contribution in [-0.2, 0) is 14.8 Å². The van der Waals surface area contributed by atoms with E-state index >= 15 is 0 Å². The first-order chi connectivity index (χ1) is 10.7. The number of rotatable bonds is 7. The van der Waals surface area contributed by atoms with Crippen LogP contribution in [0, 0.1) is 0 Å². The molecular formula is C17H26N2O3S. The van der Waals surface area contributed by atoms with Crippen LogP contribution in [0.4, 0.5) is 0 Å². The summed E-state index contributed by atoms with van der Waals surface area (Å²) >= 11 is 0. The van der Waals surface area contributed by atoms with Crippen molar-refractivity contribution in [2.45, 2.75) is 45.6 Å². The fraction of sp³-hybridized carbons (Fsp3) is 0.471. The fourth-order valence-corrected chi connectivity index (χ4v) is 3.70. The van der Waals surface area contributed by atoms with Gasteiger partial charge in [-0.05, 0) is 38.5 Å². The number of allylic oxidation sites excluding steroid dienone is 1. The first-order valence-corrected chi connectivity index (χ1v) is 9.21. The van der Waals surface area contributed by atoms with Gasteiger partial charge >= 0.3 is 0 Å². The molecule has 1 unspecified atom stereocenters. The van der Waals surface area contributed by atoms with Crippen LogP contribution in [-0.4, -0.2) is 31.7 Å². The van der Waals surface area contributed by atoms with Crippen molar-refractivity contribution in [1.82, 2.24) is 9.62 Å². The monoisotopic (exact) mass is 338 g/mol. The van der Waals surface area contributed by atoms with Gasteiger partial charge in [-0.15, -0.1) is 0 Å². The van der Waals surface area contributed by atoms with Crippen molar-refractivity contribution in [2.24, 2.45) is 0 Å². The SMILES string of the molecule is CCN(CC)S(=O)(=O)c1ccc(C(C)NC(=O)C=C(C)C)cc1. The number of nitrogens with one attached hydrogen (secondary N) is 1. The maximum Gasteiger partial charge on any atom is 0.244 e. The summed E-state index contributed by atoms with van der Waals surface area (Å²) in [5, 5.41) is 2.86. The van der Waals surface area contributed by atoms with Gasteiger partial charge in [0.05, 0.1) is 10.9 Å². The molecule has 1 aromatic rings. The minimum absolute atomic E-state index is 0.155. The van der Waals surface area contributed by atoms with E-state index in [9.17, 15) is 13.2 Å². The zero-order valence-electron chi connectivity index (χ0n) is 14.5. The lowest BCUT2D eigenvalue weighted by Gasteiger charge is -2.19. The van der Waals surface area contributed by atoms with Crippen LogP contribution in [0.15, 0.2) is 40.8 Å². The molecule has 1 N–H and O–H groups in total. The molecule has 0 aromatic heterocycles. The second-order valence-corrected chi connectivity index (χ2v) is 7.55. The molecule has 0 saturated heterocycles. The third kappa shape index (κ3) is 5.18. The summed E-state index contributed by atoms with van der Waals surface area (Å²) in [6, 6.07) is 6.47. The quantitative estimate of drug-likeness (QED) is 0.777. The topological polar surface area (TPSA) is 66.5 Å². The van der Waals surface area contributed by atoms with Crippen LogP contribution in [0.25, 0.3) is 0 Å². The highest BCUT2D eigenvalue weighted by molar-refractivity contribution is 7.89. The van der Waals surface area contributed by atoms with Gasteiger partial charge in [-0.25, -0.2) is 8.42 Å². The number of carbonyl (C=O) groups is 1. The molecule has 0 aliphatic carbocycles. The lowest BCUT2D eigenvalue weighted by atomic mass is 10.1. The van der Waals surface area contributed by atoms with Crippen molar-refractivity contribution in [3.63, 3.8) is 0 Å². The van der Waals surface area contributed by atoms with E-state index in [0.717, 1.165) is 11.1 Å². The summed E-state index contributed by atoms with van der Waals surface area (Å²) in [5.41, 5.74) is 1.79. The highest BCUT2D eigenvalue weighted by atomic mass is 32.2. The zero-order valence-corrected chi connectivity index (χ0v) is 15.3. The zero-order chi connectivity index (χ0) is 17.6. The smallest absolute Gasteiger partial charge is 0.244 e.